The summed E-state index contributed by atoms with van der Waals surface area (Å²) in [6.45, 7) is 3.09. The highest BCUT2D eigenvalue weighted by Gasteiger charge is 2.40. The summed E-state index contributed by atoms with van der Waals surface area (Å²) in [7, 11) is -3.47. The van der Waals surface area contributed by atoms with Crippen molar-refractivity contribution in [2.45, 2.75) is 38.9 Å². The Bertz CT molecular complexity index is 971. The zero-order valence-electron chi connectivity index (χ0n) is 15.5. The second-order valence-electron chi connectivity index (χ2n) is 7.21. The molecule has 0 fully saturated rings. The number of carbonyl (C=O) groups is 1. The molecule has 4 rings (SSSR count). The molecule has 6 heteroatoms. The Morgan fingerprint density at radius 1 is 0.963 bits per heavy atom. The van der Waals surface area contributed by atoms with Crippen LogP contribution in [0, 0.1) is 0 Å². The Morgan fingerprint density at radius 3 is 2.22 bits per heavy atom. The quantitative estimate of drug-likeness (QED) is 0.816. The van der Waals surface area contributed by atoms with E-state index in [2.05, 4.69) is 6.07 Å². The maximum Gasteiger partial charge on any atom is 0.241 e. The molecule has 2 aromatic rings. The van der Waals surface area contributed by atoms with Gasteiger partial charge in [0, 0.05) is 19.6 Å². The summed E-state index contributed by atoms with van der Waals surface area (Å²) >= 11 is 0. The van der Waals surface area contributed by atoms with Gasteiger partial charge in [0.2, 0.25) is 15.9 Å². The zero-order valence-corrected chi connectivity index (χ0v) is 16.3. The lowest BCUT2D eigenvalue weighted by atomic mass is 9.94. The average Bonchev–Trinajstić information content (AvgIpc) is 2.71. The third-order valence-corrected chi connectivity index (χ3v) is 7.48. The molecule has 0 unspecified atom stereocenters. The van der Waals surface area contributed by atoms with Gasteiger partial charge in [-0.05, 0) is 42.0 Å². The second-order valence-corrected chi connectivity index (χ2v) is 9.42. The number of fused-ring (bicyclic) bond motifs is 2. The van der Waals surface area contributed by atoms with Gasteiger partial charge in [0.15, 0.2) is 0 Å². The van der Waals surface area contributed by atoms with E-state index in [9.17, 15) is 13.2 Å². The van der Waals surface area contributed by atoms with Gasteiger partial charge in [-0.3, -0.25) is 4.79 Å². The van der Waals surface area contributed by atoms with Crippen LogP contribution >= 0.6 is 0 Å². The van der Waals surface area contributed by atoms with Crippen molar-refractivity contribution in [1.82, 2.24) is 9.21 Å². The SMILES string of the molecule is CCS(=O)(=O)N1Cc2ccccc2C[C@@H]1C(=O)N1CCc2ccccc2C1. The number of sulfonamides is 1. The third kappa shape index (κ3) is 3.39. The van der Waals surface area contributed by atoms with E-state index in [1.54, 1.807) is 6.92 Å². The lowest BCUT2D eigenvalue weighted by Gasteiger charge is -2.39. The molecule has 0 aromatic heterocycles. The lowest BCUT2D eigenvalue weighted by Crippen LogP contribution is -2.54. The van der Waals surface area contributed by atoms with E-state index in [4.69, 9.17) is 0 Å². The molecule has 0 N–H and O–H groups in total. The Labute approximate surface area is 160 Å². The fraction of sp³-hybridized carbons (Fsp3) is 0.381. The van der Waals surface area contributed by atoms with Crippen LogP contribution in [0.2, 0.25) is 0 Å². The van der Waals surface area contributed by atoms with Gasteiger partial charge in [-0.15, -0.1) is 0 Å². The molecule has 2 aliphatic heterocycles. The van der Waals surface area contributed by atoms with E-state index >= 15 is 0 Å². The predicted octanol–water partition coefficient (Wildman–Crippen LogP) is 2.35. The zero-order chi connectivity index (χ0) is 19.0. The number of hydrogen-bond donors (Lipinski definition) is 0. The Kier molecular flexibility index (Phi) is 4.78. The van der Waals surface area contributed by atoms with Gasteiger partial charge in [0.05, 0.1) is 5.75 Å². The topological polar surface area (TPSA) is 57.7 Å². The molecule has 0 radical (unpaired) electrons. The number of nitrogens with zero attached hydrogens (tertiary/aromatic N) is 2. The molecule has 2 heterocycles. The maximum atomic E-state index is 13.4. The monoisotopic (exact) mass is 384 g/mol. The van der Waals surface area contributed by atoms with Gasteiger partial charge in [0.1, 0.15) is 6.04 Å². The summed E-state index contributed by atoms with van der Waals surface area (Å²) in [4.78, 5) is 15.2. The molecule has 1 amide bonds. The standard InChI is InChI=1S/C21H24N2O3S/c1-2-27(25,26)23-15-19-10-6-4-8-17(19)13-20(23)21(24)22-12-11-16-7-3-5-9-18(16)14-22/h3-10,20H,2,11-15H2,1H3/t20-/m1/s1. The van der Waals surface area contributed by atoms with Crippen molar-refractivity contribution in [1.29, 1.82) is 0 Å². The third-order valence-electron chi connectivity index (χ3n) is 5.65. The van der Waals surface area contributed by atoms with Crippen molar-refractivity contribution >= 4 is 15.9 Å². The van der Waals surface area contributed by atoms with Crippen LogP contribution in [0.15, 0.2) is 48.5 Å². The van der Waals surface area contributed by atoms with Crippen molar-refractivity contribution in [3.05, 3.63) is 70.8 Å². The second kappa shape index (κ2) is 7.09. The van der Waals surface area contributed by atoms with Crippen molar-refractivity contribution in [3.63, 3.8) is 0 Å². The summed E-state index contributed by atoms with van der Waals surface area (Å²) in [5.41, 5.74) is 4.48. The minimum absolute atomic E-state index is 0.00177. The Morgan fingerprint density at radius 2 is 1.56 bits per heavy atom. The van der Waals surface area contributed by atoms with E-state index in [1.165, 1.54) is 9.87 Å². The highest BCUT2D eigenvalue weighted by Crippen LogP contribution is 2.28. The molecular weight excluding hydrogens is 360 g/mol. The van der Waals surface area contributed by atoms with Gasteiger partial charge in [-0.2, -0.15) is 4.31 Å². The molecule has 0 aliphatic carbocycles. The maximum absolute atomic E-state index is 13.4. The number of rotatable bonds is 3. The number of benzene rings is 2. The number of hydrogen-bond acceptors (Lipinski definition) is 3. The molecule has 2 aromatic carbocycles. The smallest absolute Gasteiger partial charge is 0.241 e. The summed E-state index contributed by atoms with van der Waals surface area (Å²) in [5.74, 6) is -0.0852. The van der Waals surface area contributed by atoms with Crippen LogP contribution in [-0.2, 0) is 40.7 Å². The molecule has 0 bridgehead atoms. The first-order valence-electron chi connectivity index (χ1n) is 9.41. The van der Waals surface area contributed by atoms with Crippen molar-refractivity contribution < 1.29 is 13.2 Å². The Hall–Kier alpha value is -2.18. The predicted molar refractivity (Wildman–Crippen MR) is 105 cm³/mol. The number of amides is 1. The molecule has 2 aliphatic rings. The summed E-state index contributed by atoms with van der Waals surface area (Å²) in [6.07, 6.45) is 1.25. The van der Waals surface area contributed by atoms with Gasteiger partial charge >= 0.3 is 0 Å². The van der Waals surface area contributed by atoms with Crippen molar-refractivity contribution in [3.8, 4) is 0 Å². The van der Waals surface area contributed by atoms with E-state index < -0.39 is 16.1 Å². The largest absolute Gasteiger partial charge is 0.337 e. The van der Waals surface area contributed by atoms with Crippen LogP contribution < -0.4 is 0 Å². The van der Waals surface area contributed by atoms with Gasteiger partial charge in [-0.25, -0.2) is 8.42 Å². The van der Waals surface area contributed by atoms with E-state index in [-0.39, 0.29) is 18.2 Å². The van der Waals surface area contributed by atoms with Crippen molar-refractivity contribution in [2.75, 3.05) is 12.3 Å². The first-order valence-corrected chi connectivity index (χ1v) is 11.0. The summed E-state index contributed by atoms with van der Waals surface area (Å²) in [5, 5.41) is 0. The minimum atomic E-state index is -3.47. The summed E-state index contributed by atoms with van der Waals surface area (Å²) < 4.78 is 26.8. The average molecular weight is 385 g/mol. The molecular formula is C21H24N2O3S. The van der Waals surface area contributed by atoms with E-state index in [1.807, 2.05) is 47.4 Å². The fourth-order valence-corrected chi connectivity index (χ4v) is 5.28. The molecule has 5 nitrogen and oxygen atoms in total. The highest BCUT2D eigenvalue weighted by atomic mass is 32.2. The van der Waals surface area contributed by atoms with Crippen molar-refractivity contribution in [2.24, 2.45) is 0 Å². The van der Waals surface area contributed by atoms with Crippen LogP contribution in [0.3, 0.4) is 0 Å². The first-order chi connectivity index (χ1) is 13.0. The molecule has 0 spiro atoms. The van der Waals surface area contributed by atoms with E-state index in [0.29, 0.717) is 19.5 Å². The normalized spacial score (nSPS) is 20.0. The minimum Gasteiger partial charge on any atom is -0.337 e. The van der Waals surface area contributed by atoms with Crippen LogP contribution in [0.4, 0.5) is 0 Å². The highest BCUT2D eigenvalue weighted by molar-refractivity contribution is 7.89. The van der Waals surface area contributed by atoms with Gasteiger partial charge in [0.25, 0.3) is 0 Å². The summed E-state index contributed by atoms with van der Waals surface area (Å²) in [6, 6.07) is 15.3. The molecule has 1 atom stereocenters. The van der Waals surface area contributed by atoms with Gasteiger partial charge in [-0.1, -0.05) is 48.5 Å². The van der Waals surface area contributed by atoms with Crippen LogP contribution in [-0.4, -0.2) is 41.9 Å². The van der Waals surface area contributed by atoms with Crippen LogP contribution in [0.25, 0.3) is 0 Å². The van der Waals surface area contributed by atoms with Crippen LogP contribution in [0.5, 0.6) is 0 Å². The van der Waals surface area contributed by atoms with Gasteiger partial charge < -0.3 is 4.90 Å². The lowest BCUT2D eigenvalue weighted by molar-refractivity contribution is -0.136. The fourth-order valence-electron chi connectivity index (χ4n) is 4.06. The Balaban J connectivity index is 1.65. The molecule has 142 valence electrons. The molecule has 0 saturated carbocycles. The number of carbonyl (C=O) groups excluding carboxylic acids is 1. The first kappa shape index (κ1) is 18.2. The van der Waals surface area contributed by atoms with Crippen LogP contribution in [0.1, 0.15) is 29.2 Å². The molecule has 0 saturated heterocycles. The molecule has 27 heavy (non-hydrogen) atoms. The van der Waals surface area contributed by atoms with E-state index in [0.717, 1.165) is 23.1 Å².